The molecule has 0 fully saturated rings. The van der Waals surface area contributed by atoms with Gasteiger partial charge in [0.25, 0.3) is 0 Å². The molecule has 0 bridgehead atoms. The first kappa shape index (κ1) is 17.9. The average molecular weight is 365 g/mol. The van der Waals surface area contributed by atoms with Crippen molar-refractivity contribution in [3.8, 4) is 5.75 Å². The van der Waals surface area contributed by atoms with Crippen LogP contribution in [0.5, 0.6) is 5.75 Å². The minimum absolute atomic E-state index is 0.311. The van der Waals surface area contributed by atoms with Crippen LogP contribution >= 0.6 is 0 Å². The van der Waals surface area contributed by atoms with Crippen LogP contribution in [0.25, 0.3) is 0 Å². The largest absolute Gasteiger partial charge is 0.496 e. The van der Waals surface area contributed by atoms with E-state index in [1.807, 2.05) is 28.9 Å². The molecule has 0 saturated carbocycles. The molecule has 2 aromatic rings. The van der Waals surface area contributed by atoms with E-state index in [9.17, 15) is 13.5 Å². The molecular weight excluding hydrogens is 342 g/mol. The number of sulfone groups is 1. The molecule has 0 amide bonds. The van der Waals surface area contributed by atoms with E-state index in [4.69, 9.17) is 4.74 Å². The molecular formula is C17H23N3O4S. The molecule has 136 valence electrons. The number of fused-ring (bicyclic) bond motifs is 1. The average Bonchev–Trinajstić information content (AvgIpc) is 2.97. The third kappa shape index (κ3) is 4.39. The second-order valence-corrected chi connectivity index (χ2v) is 8.60. The molecule has 1 atom stereocenters. The number of methoxy groups -OCH3 is 1. The quantitative estimate of drug-likeness (QED) is 0.822. The lowest BCUT2D eigenvalue weighted by molar-refractivity contribution is 0.190. The van der Waals surface area contributed by atoms with Gasteiger partial charge < -0.3 is 9.84 Å². The molecule has 2 heterocycles. The molecule has 0 aliphatic carbocycles. The van der Waals surface area contributed by atoms with Crippen LogP contribution in [0.4, 0.5) is 0 Å². The zero-order valence-electron chi connectivity index (χ0n) is 14.4. The van der Waals surface area contributed by atoms with E-state index in [1.54, 1.807) is 13.2 Å². The van der Waals surface area contributed by atoms with Crippen molar-refractivity contribution in [1.29, 1.82) is 0 Å². The number of nitrogens with zero attached hydrogens (tertiary/aromatic N) is 3. The first-order chi connectivity index (χ1) is 11.9. The predicted molar refractivity (Wildman–Crippen MR) is 94.0 cm³/mol. The van der Waals surface area contributed by atoms with E-state index in [0.717, 1.165) is 36.4 Å². The van der Waals surface area contributed by atoms with Gasteiger partial charge >= 0.3 is 0 Å². The molecule has 1 unspecified atom stereocenters. The van der Waals surface area contributed by atoms with Crippen LogP contribution in [-0.2, 0) is 29.5 Å². The molecule has 1 aromatic carbocycles. The van der Waals surface area contributed by atoms with E-state index in [1.165, 1.54) is 0 Å². The smallest absolute Gasteiger partial charge is 0.150 e. The molecule has 1 aliphatic rings. The lowest BCUT2D eigenvalue weighted by atomic mass is 10.1. The summed E-state index contributed by atoms with van der Waals surface area (Å²) >= 11 is 0. The minimum atomic E-state index is -3.26. The Hall–Kier alpha value is -1.90. The van der Waals surface area contributed by atoms with E-state index in [0.29, 0.717) is 18.8 Å². The van der Waals surface area contributed by atoms with E-state index < -0.39 is 15.9 Å². The summed E-state index contributed by atoms with van der Waals surface area (Å²) in [6.45, 7) is 2.98. The Kier molecular flexibility index (Phi) is 5.12. The molecule has 0 spiro atoms. The third-order valence-electron chi connectivity index (χ3n) is 4.28. The number of aliphatic hydroxyl groups is 1. The maximum Gasteiger partial charge on any atom is 0.150 e. The van der Waals surface area contributed by atoms with Crippen molar-refractivity contribution in [2.45, 2.75) is 25.7 Å². The van der Waals surface area contributed by atoms with Gasteiger partial charge in [-0.3, -0.25) is 9.58 Å². The summed E-state index contributed by atoms with van der Waals surface area (Å²) in [6.07, 6.45) is 0.0250. The molecule has 0 saturated heterocycles. The van der Waals surface area contributed by atoms with Gasteiger partial charge in [0.2, 0.25) is 0 Å². The highest BCUT2D eigenvalue weighted by Crippen LogP contribution is 2.23. The van der Waals surface area contributed by atoms with Crippen molar-refractivity contribution < 1.29 is 18.3 Å². The van der Waals surface area contributed by atoms with Gasteiger partial charge in [0, 0.05) is 31.5 Å². The Bertz CT molecular complexity index is 847. The SMILES string of the molecule is COc1ccccc1CN1CCn2nc(C(O)CS(C)(=O)=O)cc2C1. The third-order valence-corrected chi connectivity index (χ3v) is 5.21. The molecule has 1 aromatic heterocycles. The fourth-order valence-electron chi connectivity index (χ4n) is 3.09. The summed E-state index contributed by atoms with van der Waals surface area (Å²) in [5.74, 6) is 0.555. The molecule has 7 nitrogen and oxygen atoms in total. The Balaban J connectivity index is 1.71. The van der Waals surface area contributed by atoms with Gasteiger partial charge in [0.05, 0.1) is 30.8 Å². The fourth-order valence-corrected chi connectivity index (χ4v) is 3.83. The van der Waals surface area contributed by atoms with Gasteiger partial charge in [-0.25, -0.2) is 8.42 Å². The normalized spacial score (nSPS) is 16.4. The van der Waals surface area contributed by atoms with Crippen LogP contribution < -0.4 is 4.74 Å². The molecule has 8 heteroatoms. The maximum atomic E-state index is 11.4. The molecule has 0 radical (unpaired) electrons. The molecule has 25 heavy (non-hydrogen) atoms. The van der Waals surface area contributed by atoms with Crippen LogP contribution in [0.2, 0.25) is 0 Å². The monoisotopic (exact) mass is 365 g/mol. The minimum Gasteiger partial charge on any atom is -0.496 e. The Labute approximate surface area is 147 Å². The Morgan fingerprint density at radius 1 is 1.32 bits per heavy atom. The lowest BCUT2D eigenvalue weighted by Gasteiger charge is -2.28. The summed E-state index contributed by atoms with van der Waals surface area (Å²) < 4.78 is 30.0. The molecule has 3 rings (SSSR count). The van der Waals surface area contributed by atoms with Crippen molar-refractivity contribution in [3.63, 3.8) is 0 Å². The van der Waals surface area contributed by atoms with E-state index >= 15 is 0 Å². The number of ether oxygens (including phenoxy) is 1. The Morgan fingerprint density at radius 3 is 2.80 bits per heavy atom. The first-order valence-electron chi connectivity index (χ1n) is 8.12. The summed E-state index contributed by atoms with van der Waals surface area (Å²) in [5, 5.41) is 14.5. The van der Waals surface area contributed by atoms with Crippen molar-refractivity contribution in [2.75, 3.05) is 25.7 Å². The second-order valence-electron chi connectivity index (χ2n) is 6.41. The van der Waals surface area contributed by atoms with Crippen LogP contribution in [0.1, 0.15) is 23.1 Å². The highest BCUT2D eigenvalue weighted by molar-refractivity contribution is 7.90. The summed E-state index contributed by atoms with van der Waals surface area (Å²) in [5.41, 5.74) is 2.51. The number of hydrogen-bond donors (Lipinski definition) is 1. The zero-order chi connectivity index (χ0) is 18.0. The first-order valence-corrected chi connectivity index (χ1v) is 10.2. The van der Waals surface area contributed by atoms with Crippen LogP contribution in [0, 0.1) is 0 Å². The summed E-state index contributed by atoms with van der Waals surface area (Å²) in [6, 6.07) is 9.73. The van der Waals surface area contributed by atoms with Gasteiger partial charge in [-0.15, -0.1) is 0 Å². The summed E-state index contributed by atoms with van der Waals surface area (Å²) in [7, 11) is -1.59. The maximum absolute atomic E-state index is 11.4. The topological polar surface area (TPSA) is 84.7 Å². The second kappa shape index (κ2) is 7.15. The predicted octanol–water partition coefficient (Wildman–Crippen LogP) is 0.985. The van der Waals surface area contributed by atoms with Gasteiger partial charge in [-0.05, 0) is 12.1 Å². The molecule has 1 N–H and O–H groups in total. The van der Waals surface area contributed by atoms with Gasteiger partial charge in [0.15, 0.2) is 0 Å². The van der Waals surface area contributed by atoms with Crippen molar-refractivity contribution in [3.05, 3.63) is 47.3 Å². The number of aliphatic hydroxyl groups excluding tert-OH is 1. The Morgan fingerprint density at radius 2 is 2.08 bits per heavy atom. The summed E-state index contributed by atoms with van der Waals surface area (Å²) in [4.78, 5) is 2.28. The molecule has 1 aliphatic heterocycles. The highest BCUT2D eigenvalue weighted by atomic mass is 32.2. The fraction of sp³-hybridized carbons (Fsp3) is 0.471. The van der Waals surface area contributed by atoms with Crippen LogP contribution in [0.15, 0.2) is 30.3 Å². The number of rotatable bonds is 6. The number of aromatic nitrogens is 2. The number of hydrogen-bond acceptors (Lipinski definition) is 6. The van der Waals surface area contributed by atoms with Crippen molar-refractivity contribution >= 4 is 9.84 Å². The number of para-hydroxylation sites is 1. The van der Waals surface area contributed by atoms with Gasteiger partial charge in [0.1, 0.15) is 21.7 Å². The van der Waals surface area contributed by atoms with Crippen LogP contribution in [-0.4, -0.2) is 53.9 Å². The highest BCUT2D eigenvalue weighted by Gasteiger charge is 2.23. The standard InChI is InChI=1S/C17H23N3O4S/c1-24-17-6-4-3-5-13(17)10-19-7-8-20-14(11-19)9-15(18-20)16(21)12-25(2,22)23/h3-6,9,16,21H,7-8,10-12H2,1-2H3. The zero-order valence-corrected chi connectivity index (χ0v) is 15.2. The van der Waals surface area contributed by atoms with E-state index in [-0.39, 0.29) is 5.75 Å². The number of benzene rings is 1. The van der Waals surface area contributed by atoms with Gasteiger partial charge in [-0.2, -0.15) is 5.10 Å². The lowest BCUT2D eigenvalue weighted by Crippen LogP contribution is -2.33. The van der Waals surface area contributed by atoms with E-state index in [2.05, 4.69) is 10.00 Å². The van der Waals surface area contributed by atoms with Crippen LogP contribution in [0.3, 0.4) is 0 Å². The van der Waals surface area contributed by atoms with Crippen molar-refractivity contribution in [2.24, 2.45) is 0 Å². The van der Waals surface area contributed by atoms with Crippen molar-refractivity contribution in [1.82, 2.24) is 14.7 Å². The van der Waals surface area contributed by atoms with Gasteiger partial charge in [-0.1, -0.05) is 18.2 Å².